The molecular formula is C12H25NO2. The zero-order valence-electron chi connectivity index (χ0n) is 10.1. The third-order valence-corrected chi connectivity index (χ3v) is 3.27. The summed E-state index contributed by atoms with van der Waals surface area (Å²) < 4.78 is 10.6. The van der Waals surface area contributed by atoms with Crippen LogP contribution in [0.2, 0.25) is 0 Å². The number of hydrogen-bond donors (Lipinski definition) is 1. The lowest BCUT2D eigenvalue weighted by Gasteiger charge is -2.22. The summed E-state index contributed by atoms with van der Waals surface area (Å²) in [5.41, 5.74) is 0. The Morgan fingerprint density at radius 1 is 1.27 bits per heavy atom. The van der Waals surface area contributed by atoms with Gasteiger partial charge in [-0.05, 0) is 32.2 Å². The SMILES string of the molecule is CNC(COCCCOC)C1CCCC1. The molecule has 1 fully saturated rings. The van der Waals surface area contributed by atoms with E-state index in [9.17, 15) is 0 Å². The highest BCUT2D eigenvalue weighted by molar-refractivity contribution is 4.79. The van der Waals surface area contributed by atoms with Gasteiger partial charge in [-0.1, -0.05) is 12.8 Å². The second-order valence-corrected chi connectivity index (χ2v) is 4.36. The van der Waals surface area contributed by atoms with Crippen molar-refractivity contribution < 1.29 is 9.47 Å². The van der Waals surface area contributed by atoms with Crippen LogP contribution in [0.15, 0.2) is 0 Å². The first-order chi connectivity index (χ1) is 7.38. The van der Waals surface area contributed by atoms with E-state index in [1.807, 2.05) is 7.05 Å². The van der Waals surface area contributed by atoms with Crippen molar-refractivity contribution in [1.29, 1.82) is 0 Å². The minimum absolute atomic E-state index is 0.551. The predicted octanol–water partition coefficient (Wildman–Crippen LogP) is 1.82. The summed E-state index contributed by atoms with van der Waals surface area (Å²) in [4.78, 5) is 0. The summed E-state index contributed by atoms with van der Waals surface area (Å²) in [5, 5.41) is 3.38. The van der Waals surface area contributed by atoms with Crippen LogP contribution in [0.5, 0.6) is 0 Å². The molecule has 1 aliphatic carbocycles. The Hall–Kier alpha value is -0.120. The van der Waals surface area contributed by atoms with E-state index in [4.69, 9.17) is 9.47 Å². The van der Waals surface area contributed by atoms with Gasteiger partial charge in [0.1, 0.15) is 0 Å². The smallest absolute Gasteiger partial charge is 0.0622 e. The molecule has 0 saturated heterocycles. The molecule has 0 spiro atoms. The molecule has 0 aliphatic heterocycles. The number of hydrogen-bond acceptors (Lipinski definition) is 3. The van der Waals surface area contributed by atoms with Crippen molar-refractivity contribution in [1.82, 2.24) is 5.32 Å². The Morgan fingerprint density at radius 2 is 2.00 bits per heavy atom. The molecule has 1 saturated carbocycles. The van der Waals surface area contributed by atoms with Gasteiger partial charge in [-0.2, -0.15) is 0 Å². The Balaban J connectivity index is 2.05. The molecule has 90 valence electrons. The van der Waals surface area contributed by atoms with Crippen LogP contribution in [0.1, 0.15) is 32.1 Å². The average Bonchev–Trinajstić information content (AvgIpc) is 2.77. The molecule has 1 unspecified atom stereocenters. The van der Waals surface area contributed by atoms with Crippen molar-refractivity contribution >= 4 is 0 Å². The van der Waals surface area contributed by atoms with Crippen LogP contribution >= 0.6 is 0 Å². The van der Waals surface area contributed by atoms with Crippen LogP contribution in [0, 0.1) is 5.92 Å². The fraction of sp³-hybridized carbons (Fsp3) is 1.00. The summed E-state index contributed by atoms with van der Waals surface area (Å²) in [5.74, 6) is 0.831. The molecule has 0 radical (unpaired) electrons. The lowest BCUT2D eigenvalue weighted by atomic mass is 9.99. The van der Waals surface area contributed by atoms with Crippen molar-refractivity contribution in [3.63, 3.8) is 0 Å². The number of likely N-dealkylation sites (N-methyl/N-ethyl adjacent to an activating group) is 1. The normalized spacial score (nSPS) is 19.6. The van der Waals surface area contributed by atoms with Crippen molar-refractivity contribution in [3.8, 4) is 0 Å². The summed E-state index contributed by atoms with van der Waals surface area (Å²) >= 11 is 0. The second kappa shape index (κ2) is 8.08. The van der Waals surface area contributed by atoms with E-state index in [1.165, 1.54) is 25.7 Å². The molecule has 1 rings (SSSR count). The van der Waals surface area contributed by atoms with Gasteiger partial charge in [-0.3, -0.25) is 0 Å². The maximum atomic E-state index is 5.66. The Bertz CT molecular complexity index is 147. The topological polar surface area (TPSA) is 30.5 Å². The van der Waals surface area contributed by atoms with E-state index < -0.39 is 0 Å². The highest BCUT2D eigenvalue weighted by Crippen LogP contribution is 2.27. The van der Waals surface area contributed by atoms with E-state index in [2.05, 4.69) is 5.32 Å². The van der Waals surface area contributed by atoms with Gasteiger partial charge in [0, 0.05) is 26.4 Å². The first-order valence-electron chi connectivity index (χ1n) is 6.12. The van der Waals surface area contributed by atoms with Gasteiger partial charge in [0.2, 0.25) is 0 Å². The molecule has 0 aromatic carbocycles. The third-order valence-electron chi connectivity index (χ3n) is 3.27. The highest BCUT2D eigenvalue weighted by Gasteiger charge is 2.23. The summed E-state index contributed by atoms with van der Waals surface area (Å²) in [6, 6.07) is 0.551. The van der Waals surface area contributed by atoms with E-state index in [1.54, 1.807) is 7.11 Å². The third kappa shape index (κ3) is 4.96. The Morgan fingerprint density at radius 3 is 2.60 bits per heavy atom. The molecule has 1 N–H and O–H groups in total. The molecule has 1 atom stereocenters. The van der Waals surface area contributed by atoms with Crippen LogP contribution in [-0.4, -0.2) is 40.0 Å². The standard InChI is InChI=1S/C12H25NO2/c1-13-12(11-6-3-4-7-11)10-15-9-5-8-14-2/h11-13H,3-10H2,1-2H3. The lowest BCUT2D eigenvalue weighted by Crippen LogP contribution is -2.36. The quantitative estimate of drug-likeness (QED) is 0.626. The maximum absolute atomic E-state index is 5.66. The van der Waals surface area contributed by atoms with E-state index in [0.29, 0.717) is 6.04 Å². The molecule has 15 heavy (non-hydrogen) atoms. The van der Waals surface area contributed by atoms with Crippen molar-refractivity contribution in [3.05, 3.63) is 0 Å². The summed E-state index contributed by atoms with van der Waals surface area (Å²) in [6.45, 7) is 2.47. The first kappa shape index (κ1) is 12.9. The molecule has 1 aliphatic rings. The van der Waals surface area contributed by atoms with Gasteiger partial charge < -0.3 is 14.8 Å². The molecule has 0 bridgehead atoms. The van der Waals surface area contributed by atoms with Crippen molar-refractivity contribution in [2.45, 2.75) is 38.1 Å². The van der Waals surface area contributed by atoms with Gasteiger partial charge in [-0.15, -0.1) is 0 Å². The zero-order chi connectivity index (χ0) is 10.9. The highest BCUT2D eigenvalue weighted by atomic mass is 16.5. The molecule has 0 heterocycles. The number of ether oxygens (including phenoxy) is 2. The minimum atomic E-state index is 0.551. The molecular weight excluding hydrogens is 190 g/mol. The average molecular weight is 215 g/mol. The van der Waals surface area contributed by atoms with Gasteiger partial charge in [0.05, 0.1) is 6.61 Å². The van der Waals surface area contributed by atoms with Gasteiger partial charge >= 0.3 is 0 Å². The molecule has 0 aromatic rings. The van der Waals surface area contributed by atoms with Crippen molar-refractivity contribution in [2.75, 3.05) is 34.0 Å². The minimum Gasteiger partial charge on any atom is -0.385 e. The van der Waals surface area contributed by atoms with Crippen LogP contribution < -0.4 is 5.32 Å². The van der Waals surface area contributed by atoms with Crippen molar-refractivity contribution in [2.24, 2.45) is 5.92 Å². The maximum Gasteiger partial charge on any atom is 0.0622 e. The number of rotatable bonds is 8. The number of methoxy groups -OCH3 is 1. The van der Waals surface area contributed by atoms with Crippen LogP contribution in [-0.2, 0) is 9.47 Å². The molecule has 3 heteroatoms. The van der Waals surface area contributed by atoms with E-state index >= 15 is 0 Å². The Labute approximate surface area is 93.5 Å². The zero-order valence-corrected chi connectivity index (χ0v) is 10.1. The van der Waals surface area contributed by atoms with Gasteiger partial charge in [0.15, 0.2) is 0 Å². The lowest BCUT2D eigenvalue weighted by molar-refractivity contribution is 0.0770. The summed E-state index contributed by atoms with van der Waals surface area (Å²) in [7, 11) is 3.77. The molecule has 0 amide bonds. The fourth-order valence-corrected chi connectivity index (χ4v) is 2.33. The fourth-order valence-electron chi connectivity index (χ4n) is 2.33. The number of nitrogens with one attached hydrogen (secondary N) is 1. The summed E-state index contributed by atoms with van der Waals surface area (Å²) in [6.07, 6.45) is 6.52. The molecule has 3 nitrogen and oxygen atoms in total. The molecule has 0 aromatic heterocycles. The predicted molar refractivity (Wildman–Crippen MR) is 62.1 cm³/mol. The van der Waals surface area contributed by atoms with Gasteiger partial charge in [0.25, 0.3) is 0 Å². The van der Waals surface area contributed by atoms with E-state index in [0.717, 1.165) is 32.2 Å². The van der Waals surface area contributed by atoms with E-state index in [-0.39, 0.29) is 0 Å². The first-order valence-corrected chi connectivity index (χ1v) is 6.12. The van der Waals surface area contributed by atoms with Gasteiger partial charge in [-0.25, -0.2) is 0 Å². The monoisotopic (exact) mass is 215 g/mol. The largest absolute Gasteiger partial charge is 0.385 e. The Kier molecular flexibility index (Phi) is 6.98. The van der Waals surface area contributed by atoms with Crippen LogP contribution in [0.4, 0.5) is 0 Å². The van der Waals surface area contributed by atoms with Crippen LogP contribution in [0.3, 0.4) is 0 Å². The van der Waals surface area contributed by atoms with Crippen LogP contribution in [0.25, 0.3) is 0 Å². The second-order valence-electron chi connectivity index (χ2n) is 4.36.